The molecule has 3 heterocycles. The first-order valence-corrected chi connectivity index (χ1v) is 9.70. The maximum Gasteiger partial charge on any atom is 0.276 e. The molecule has 0 radical (unpaired) electrons. The van der Waals surface area contributed by atoms with Crippen LogP contribution in [-0.2, 0) is 6.42 Å². The Hall–Kier alpha value is -3.32. The molecule has 1 unspecified atom stereocenters. The summed E-state index contributed by atoms with van der Waals surface area (Å²) in [6.45, 7) is 2.36. The van der Waals surface area contributed by atoms with Crippen molar-refractivity contribution in [1.29, 1.82) is 0 Å². The van der Waals surface area contributed by atoms with Gasteiger partial charge in [-0.05, 0) is 24.1 Å². The maximum atomic E-state index is 13.2. The first-order chi connectivity index (χ1) is 14.3. The van der Waals surface area contributed by atoms with Crippen LogP contribution in [0.2, 0.25) is 0 Å². The third-order valence-electron chi connectivity index (χ3n) is 5.31. The molecule has 7 nitrogen and oxygen atoms in total. The predicted molar refractivity (Wildman–Crippen MR) is 106 cm³/mol. The number of fused-ring (bicyclic) bond motifs is 1. The molecule has 3 aromatic rings. The van der Waals surface area contributed by atoms with Crippen LogP contribution >= 0.6 is 0 Å². The highest BCUT2D eigenvalue weighted by atomic mass is 16.7. The van der Waals surface area contributed by atoms with Gasteiger partial charge in [0.05, 0.1) is 0 Å². The molecule has 1 atom stereocenters. The van der Waals surface area contributed by atoms with E-state index in [2.05, 4.69) is 10.5 Å². The molecule has 0 saturated carbocycles. The van der Waals surface area contributed by atoms with E-state index in [-0.39, 0.29) is 18.7 Å². The molecule has 1 fully saturated rings. The normalized spacial score (nSPS) is 18.1. The van der Waals surface area contributed by atoms with Crippen molar-refractivity contribution in [3.8, 4) is 22.8 Å². The molecule has 1 saturated heterocycles. The summed E-state index contributed by atoms with van der Waals surface area (Å²) in [6, 6.07) is 17.3. The van der Waals surface area contributed by atoms with E-state index in [0.717, 1.165) is 42.1 Å². The van der Waals surface area contributed by atoms with Gasteiger partial charge in [-0.25, -0.2) is 0 Å². The first-order valence-electron chi connectivity index (χ1n) is 9.70. The summed E-state index contributed by atoms with van der Waals surface area (Å²) in [5.74, 6) is 2.01. The first kappa shape index (κ1) is 17.8. The van der Waals surface area contributed by atoms with Gasteiger partial charge in [0.2, 0.25) is 6.79 Å². The zero-order chi connectivity index (χ0) is 19.6. The smallest absolute Gasteiger partial charge is 0.276 e. The lowest BCUT2D eigenvalue weighted by molar-refractivity contribution is 0.0625. The Balaban J connectivity index is 1.34. The van der Waals surface area contributed by atoms with Crippen LogP contribution in [0.3, 0.4) is 0 Å². The molecule has 2 aromatic carbocycles. The van der Waals surface area contributed by atoms with Crippen LogP contribution in [0.25, 0.3) is 11.3 Å². The maximum absolute atomic E-state index is 13.2. The van der Waals surface area contributed by atoms with E-state index in [1.807, 2.05) is 53.4 Å². The summed E-state index contributed by atoms with van der Waals surface area (Å²) in [4.78, 5) is 15.0. The Labute approximate surface area is 168 Å². The molecule has 2 aliphatic rings. The summed E-state index contributed by atoms with van der Waals surface area (Å²) in [5.41, 5.74) is 2.34. The van der Waals surface area contributed by atoms with Gasteiger partial charge >= 0.3 is 0 Å². The number of nitrogens with zero attached hydrogens (tertiary/aromatic N) is 2. The van der Waals surface area contributed by atoms with E-state index in [0.29, 0.717) is 18.0 Å². The van der Waals surface area contributed by atoms with E-state index in [1.54, 1.807) is 6.07 Å². The Morgan fingerprint density at radius 3 is 2.86 bits per heavy atom. The molecule has 5 rings (SSSR count). The lowest BCUT2D eigenvalue weighted by atomic mass is 10.0. The van der Waals surface area contributed by atoms with Crippen LogP contribution in [0.5, 0.6) is 11.5 Å². The second-order valence-electron chi connectivity index (χ2n) is 7.19. The van der Waals surface area contributed by atoms with Gasteiger partial charge in [0.15, 0.2) is 23.0 Å². The van der Waals surface area contributed by atoms with Gasteiger partial charge in [-0.2, -0.15) is 0 Å². The largest absolute Gasteiger partial charge is 0.454 e. The van der Waals surface area contributed by atoms with Gasteiger partial charge < -0.3 is 24.2 Å². The van der Waals surface area contributed by atoms with Crippen LogP contribution in [0.15, 0.2) is 59.1 Å². The van der Waals surface area contributed by atoms with Crippen molar-refractivity contribution >= 4 is 5.91 Å². The van der Waals surface area contributed by atoms with Crippen LogP contribution in [0.1, 0.15) is 16.1 Å². The van der Waals surface area contributed by atoms with Crippen LogP contribution in [0.4, 0.5) is 0 Å². The number of rotatable bonds is 4. The van der Waals surface area contributed by atoms with Crippen molar-refractivity contribution in [3.63, 3.8) is 0 Å². The summed E-state index contributed by atoms with van der Waals surface area (Å²) in [5, 5.41) is 7.41. The summed E-state index contributed by atoms with van der Waals surface area (Å²) in [6.07, 6.45) is 0.721. The van der Waals surface area contributed by atoms with Gasteiger partial charge in [0.1, 0.15) is 0 Å². The number of benzene rings is 2. The number of carbonyl (C=O) groups is 1. The predicted octanol–water partition coefficient (Wildman–Crippen LogP) is 2.73. The molecule has 0 bridgehead atoms. The van der Waals surface area contributed by atoms with Crippen LogP contribution in [0, 0.1) is 0 Å². The zero-order valence-corrected chi connectivity index (χ0v) is 15.8. The average Bonchev–Trinajstić information content (AvgIpc) is 3.44. The summed E-state index contributed by atoms with van der Waals surface area (Å²) < 4.78 is 16.3. The fourth-order valence-corrected chi connectivity index (χ4v) is 3.81. The fraction of sp³-hybridized carbons (Fsp3) is 0.273. The lowest BCUT2D eigenvalue weighted by Crippen LogP contribution is -2.54. The van der Waals surface area contributed by atoms with Gasteiger partial charge in [-0.1, -0.05) is 41.6 Å². The molecule has 148 valence electrons. The van der Waals surface area contributed by atoms with E-state index in [9.17, 15) is 4.79 Å². The monoisotopic (exact) mass is 391 g/mol. The Morgan fingerprint density at radius 1 is 1.10 bits per heavy atom. The zero-order valence-electron chi connectivity index (χ0n) is 15.8. The van der Waals surface area contributed by atoms with Crippen molar-refractivity contribution in [2.75, 3.05) is 26.4 Å². The highest BCUT2D eigenvalue weighted by Crippen LogP contribution is 2.33. The Morgan fingerprint density at radius 2 is 1.97 bits per heavy atom. The number of nitrogens with one attached hydrogen (secondary N) is 1. The molecule has 1 aromatic heterocycles. The summed E-state index contributed by atoms with van der Waals surface area (Å²) >= 11 is 0. The Kier molecular flexibility index (Phi) is 4.65. The minimum Gasteiger partial charge on any atom is -0.454 e. The minimum absolute atomic E-state index is 0.0218. The molecule has 2 aliphatic heterocycles. The number of hydrogen-bond donors (Lipinski definition) is 1. The Bertz CT molecular complexity index is 1020. The number of carbonyl (C=O) groups excluding carboxylic acids is 1. The van der Waals surface area contributed by atoms with Crippen LogP contribution in [-0.4, -0.2) is 48.4 Å². The van der Waals surface area contributed by atoms with E-state index < -0.39 is 0 Å². The second kappa shape index (κ2) is 7.60. The molecular formula is C22H21N3O4. The third-order valence-corrected chi connectivity index (χ3v) is 5.31. The molecule has 0 aliphatic carbocycles. The fourth-order valence-electron chi connectivity index (χ4n) is 3.81. The average molecular weight is 391 g/mol. The van der Waals surface area contributed by atoms with Crippen LogP contribution < -0.4 is 14.8 Å². The number of ether oxygens (including phenoxy) is 2. The molecular weight excluding hydrogens is 370 g/mol. The van der Waals surface area contributed by atoms with Gasteiger partial charge in [0, 0.05) is 37.3 Å². The summed E-state index contributed by atoms with van der Waals surface area (Å²) in [7, 11) is 0. The third kappa shape index (κ3) is 3.56. The van der Waals surface area contributed by atoms with E-state index in [1.165, 1.54) is 0 Å². The second-order valence-corrected chi connectivity index (χ2v) is 7.19. The van der Waals surface area contributed by atoms with E-state index in [4.69, 9.17) is 14.0 Å². The van der Waals surface area contributed by atoms with Crippen molar-refractivity contribution in [2.45, 2.75) is 12.5 Å². The van der Waals surface area contributed by atoms with Gasteiger partial charge in [-0.15, -0.1) is 0 Å². The topological polar surface area (TPSA) is 76.8 Å². The minimum atomic E-state index is -0.108. The van der Waals surface area contributed by atoms with Crippen molar-refractivity contribution < 1.29 is 18.8 Å². The van der Waals surface area contributed by atoms with Crippen molar-refractivity contribution in [1.82, 2.24) is 15.4 Å². The molecule has 29 heavy (non-hydrogen) atoms. The van der Waals surface area contributed by atoms with E-state index >= 15 is 0 Å². The standard InChI is InChI=1S/C22H21N3O4/c26-22(18-12-20(29-24-18)16-4-2-1-3-5-16)25-9-8-23-13-17(25)10-15-6-7-19-21(11-15)28-14-27-19/h1-7,11-12,17,23H,8-10,13-14H2. The molecule has 1 amide bonds. The van der Waals surface area contributed by atoms with Gasteiger partial charge in [0.25, 0.3) is 5.91 Å². The molecule has 0 spiro atoms. The SMILES string of the molecule is O=C(c1cc(-c2ccccc2)on1)N1CCNCC1Cc1ccc2c(c1)OCO2. The number of aromatic nitrogens is 1. The molecule has 1 N–H and O–H groups in total. The van der Waals surface area contributed by atoms with Crippen molar-refractivity contribution in [2.24, 2.45) is 0 Å². The molecule has 7 heteroatoms. The van der Waals surface area contributed by atoms with Gasteiger partial charge in [-0.3, -0.25) is 4.79 Å². The quantitative estimate of drug-likeness (QED) is 0.737. The highest BCUT2D eigenvalue weighted by Gasteiger charge is 2.30. The van der Waals surface area contributed by atoms with Crippen molar-refractivity contribution in [3.05, 3.63) is 65.9 Å². The number of amides is 1. The number of piperazine rings is 1. The highest BCUT2D eigenvalue weighted by molar-refractivity contribution is 5.93. The number of hydrogen-bond acceptors (Lipinski definition) is 6. The lowest BCUT2D eigenvalue weighted by Gasteiger charge is -2.36.